The van der Waals surface area contributed by atoms with Crippen LogP contribution in [0, 0.1) is 0 Å². The van der Waals surface area contributed by atoms with Crippen molar-refractivity contribution in [1.82, 2.24) is 5.32 Å². The van der Waals surface area contributed by atoms with E-state index >= 15 is 0 Å². The summed E-state index contributed by atoms with van der Waals surface area (Å²) in [5.74, 6) is -0.146. The van der Waals surface area contributed by atoms with Crippen molar-refractivity contribution in [2.75, 3.05) is 25.0 Å². The number of quaternary nitrogens is 1. The number of hydrogen-bond donors (Lipinski definition) is 3. The molecule has 2 aromatic carbocycles. The van der Waals surface area contributed by atoms with E-state index in [4.69, 9.17) is 4.74 Å². The van der Waals surface area contributed by atoms with Crippen LogP contribution in [0.4, 0.5) is 10.5 Å². The van der Waals surface area contributed by atoms with Crippen LogP contribution in [0.5, 0.6) is 0 Å². The Kier molecular flexibility index (Phi) is 8.49. The molecular formula is C22H30N3O3+. The van der Waals surface area contributed by atoms with E-state index in [1.165, 1.54) is 10.5 Å². The maximum absolute atomic E-state index is 12.5. The number of carbonyl (C=O) groups excluding carboxylic acids is 2. The van der Waals surface area contributed by atoms with Gasteiger partial charge in [0.2, 0.25) is 0 Å². The van der Waals surface area contributed by atoms with Gasteiger partial charge in [-0.1, -0.05) is 24.3 Å². The summed E-state index contributed by atoms with van der Waals surface area (Å²) in [5, 5.41) is 5.59. The van der Waals surface area contributed by atoms with Crippen molar-refractivity contribution in [2.45, 2.75) is 33.9 Å². The summed E-state index contributed by atoms with van der Waals surface area (Å²) in [7, 11) is 0. The van der Waals surface area contributed by atoms with Gasteiger partial charge >= 0.3 is 6.09 Å². The molecule has 0 fully saturated rings. The van der Waals surface area contributed by atoms with Crippen molar-refractivity contribution in [2.24, 2.45) is 0 Å². The first-order valence-corrected chi connectivity index (χ1v) is 9.79. The molecule has 2 amide bonds. The van der Waals surface area contributed by atoms with Gasteiger partial charge in [0, 0.05) is 23.4 Å². The molecule has 2 aromatic rings. The maximum Gasteiger partial charge on any atom is 0.411 e. The third-order valence-corrected chi connectivity index (χ3v) is 4.67. The quantitative estimate of drug-likeness (QED) is 0.622. The van der Waals surface area contributed by atoms with E-state index in [2.05, 4.69) is 36.6 Å². The highest BCUT2D eigenvalue weighted by Crippen LogP contribution is 2.11. The SMILES string of the molecule is CCOC(=O)Nc1ccc(C(=O)NCc2ccccc2C[NH+](CC)CC)cc1. The Balaban J connectivity index is 1.96. The molecule has 150 valence electrons. The van der Waals surface area contributed by atoms with Gasteiger partial charge in [-0.15, -0.1) is 0 Å². The zero-order valence-corrected chi connectivity index (χ0v) is 16.9. The molecule has 0 saturated carbocycles. The summed E-state index contributed by atoms with van der Waals surface area (Å²) in [6.45, 7) is 10.0. The smallest absolute Gasteiger partial charge is 0.411 e. The first-order chi connectivity index (χ1) is 13.6. The van der Waals surface area contributed by atoms with Crippen molar-refractivity contribution in [3.05, 3.63) is 65.2 Å². The molecule has 6 nitrogen and oxygen atoms in total. The van der Waals surface area contributed by atoms with E-state index in [0.29, 0.717) is 24.4 Å². The largest absolute Gasteiger partial charge is 0.450 e. The minimum Gasteiger partial charge on any atom is -0.450 e. The van der Waals surface area contributed by atoms with E-state index in [0.717, 1.165) is 25.2 Å². The lowest BCUT2D eigenvalue weighted by Gasteiger charge is -2.18. The van der Waals surface area contributed by atoms with Gasteiger partial charge in [0.05, 0.1) is 19.7 Å². The van der Waals surface area contributed by atoms with Crippen molar-refractivity contribution in [1.29, 1.82) is 0 Å². The van der Waals surface area contributed by atoms with Crippen LogP contribution in [-0.4, -0.2) is 31.7 Å². The highest BCUT2D eigenvalue weighted by Gasteiger charge is 2.11. The Hall–Kier alpha value is -2.86. The molecule has 0 spiro atoms. The Morgan fingerprint density at radius 3 is 2.18 bits per heavy atom. The van der Waals surface area contributed by atoms with Crippen molar-refractivity contribution in [3.63, 3.8) is 0 Å². The Bertz CT molecular complexity index is 771. The highest BCUT2D eigenvalue weighted by atomic mass is 16.5. The molecule has 0 aliphatic carbocycles. The summed E-state index contributed by atoms with van der Waals surface area (Å²) in [5.41, 5.74) is 3.52. The van der Waals surface area contributed by atoms with E-state index in [-0.39, 0.29) is 5.91 Å². The summed E-state index contributed by atoms with van der Waals surface area (Å²) in [6, 6.07) is 15.0. The summed E-state index contributed by atoms with van der Waals surface area (Å²) >= 11 is 0. The number of nitrogens with one attached hydrogen (secondary N) is 3. The Labute approximate surface area is 166 Å². The summed E-state index contributed by atoms with van der Waals surface area (Å²) in [6.07, 6.45) is -0.508. The number of benzene rings is 2. The Morgan fingerprint density at radius 1 is 0.929 bits per heavy atom. The predicted molar refractivity (Wildman–Crippen MR) is 110 cm³/mol. The first kappa shape index (κ1) is 21.4. The van der Waals surface area contributed by atoms with Gasteiger partial charge in [-0.25, -0.2) is 4.79 Å². The lowest BCUT2D eigenvalue weighted by Crippen LogP contribution is -3.10. The zero-order chi connectivity index (χ0) is 20.4. The molecular weight excluding hydrogens is 354 g/mol. The number of anilines is 1. The molecule has 0 aliphatic rings. The first-order valence-electron chi connectivity index (χ1n) is 9.79. The van der Waals surface area contributed by atoms with Crippen LogP contribution >= 0.6 is 0 Å². The zero-order valence-electron chi connectivity index (χ0n) is 16.9. The fourth-order valence-corrected chi connectivity index (χ4v) is 2.94. The average molecular weight is 385 g/mol. The number of carbonyl (C=O) groups is 2. The molecule has 0 atom stereocenters. The molecule has 0 heterocycles. The molecule has 0 aromatic heterocycles. The lowest BCUT2D eigenvalue weighted by molar-refractivity contribution is -0.910. The number of rotatable bonds is 9. The third kappa shape index (κ3) is 6.39. The fourth-order valence-electron chi connectivity index (χ4n) is 2.94. The second-order valence-corrected chi connectivity index (χ2v) is 6.51. The standard InChI is InChI=1S/C22H29N3O3/c1-4-25(5-2)16-19-10-8-7-9-18(19)15-23-21(26)17-11-13-20(14-12-17)24-22(27)28-6-3/h7-14H,4-6,15-16H2,1-3H3,(H,23,26)(H,24,27)/p+1. The summed E-state index contributed by atoms with van der Waals surface area (Å²) < 4.78 is 4.83. The van der Waals surface area contributed by atoms with E-state index in [1.807, 2.05) is 12.1 Å². The van der Waals surface area contributed by atoms with Gasteiger partial charge in [0.15, 0.2) is 0 Å². The van der Waals surface area contributed by atoms with E-state index in [1.54, 1.807) is 31.2 Å². The van der Waals surface area contributed by atoms with Crippen molar-refractivity contribution >= 4 is 17.7 Å². The van der Waals surface area contributed by atoms with Gasteiger partial charge < -0.3 is 15.0 Å². The number of amides is 2. The van der Waals surface area contributed by atoms with Crippen LogP contribution in [0.3, 0.4) is 0 Å². The minimum atomic E-state index is -0.508. The number of hydrogen-bond acceptors (Lipinski definition) is 3. The maximum atomic E-state index is 12.5. The van der Waals surface area contributed by atoms with Gasteiger partial charge in [-0.3, -0.25) is 10.1 Å². The minimum absolute atomic E-state index is 0.146. The topological polar surface area (TPSA) is 71.9 Å². The Morgan fingerprint density at radius 2 is 1.57 bits per heavy atom. The van der Waals surface area contributed by atoms with Gasteiger partial charge in [0.1, 0.15) is 6.54 Å². The monoisotopic (exact) mass is 384 g/mol. The van der Waals surface area contributed by atoms with E-state index in [9.17, 15) is 9.59 Å². The molecule has 0 unspecified atom stereocenters. The molecule has 3 N–H and O–H groups in total. The van der Waals surface area contributed by atoms with Crippen LogP contribution in [0.1, 0.15) is 42.3 Å². The van der Waals surface area contributed by atoms with Gasteiger partial charge in [-0.2, -0.15) is 0 Å². The van der Waals surface area contributed by atoms with Crippen LogP contribution in [0.25, 0.3) is 0 Å². The molecule has 0 saturated heterocycles. The lowest BCUT2D eigenvalue weighted by atomic mass is 10.1. The molecule has 28 heavy (non-hydrogen) atoms. The summed E-state index contributed by atoms with van der Waals surface area (Å²) in [4.78, 5) is 25.4. The highest BCUT2D eigenvalue weighted by molar-refractivity contribution is 5.95. The van der Waals surface area contributed by atoms with Crippen molar-refractivity contribution < 1.29 is 19.2 Å². The molecule has 0 radical (unpaired) electrons. The van der Waals surface area contributed by atoms with Crippen LogP contribution in [0.2, 0.25) is 0 Å². The van der Waals surface area contributed by atoms with E-state index < -0.39 is 6.09 Å². The normalized spacial score (nSPS) is 10.6. The number of ether oxygens (including phenoxy) is 1. The average Bonchev–Trinajstić information content (AvgIpc) is 2.71. The van der Waals surface area contributed by atoms with Crippen LogP contribution in [0.15, 0.2) is 48.5 Å². The van der Waals surface area contributed by atoms with Gasteiger partial charge in [-0.05, 0) is 50.6 Å². The molecule has 2 rings (SSSR count). The molecule has 6 heteroatoms. The third-order valence-electron chi connectivity index (χ3n) is 4.67. The fraction of sp³-hybridized carbons (Fsp3) is 0.364. The molecule has 0 bridgehead atoms. The van der Waals surface area contributed by atoms with Crippen molar-refractivity contribution in [3.8, 4) is 0 Å². The predicted octanol–water partition coefficient (Wildman–Crippen LogP) is 2.61. The van der Waals surface area contributed by atoms with Gasteiger partial charge in [0.25, 0.3) is 5.91 Å². The molecule has 0 aliphatic heterocycles. The van der Waals surface area contributed by atoms with Crippen LogP contribution < -0.4 is 15.5 Å². The second-order valence-electron chi connectivity index (χ2n) is 6.51. The van der Waals surface area contributed by atoms with Crippen LogP contribution in [-0.2, 0) is 17.8 Å². The second kappa shape index (κ2) is 11.1.